The maximum atomic E-state index is 12.9. The molecule has 0 N–H and O–H groups in total. The van der Waals surface area contributed by atoms with Crippen LogP contribution in [0.3, 0.4) is 0 Å². The second-order valence-electron chi connectivity index (χ2n) is 10.1. The van der Waals surface area contributed by atoms with E-state index in [0.717, 1.165) is 47.8 Å². The average molecular weight is 534 g/mol. The van der Waals surface area contributed by atoms with Crippen molar-refractivity contribution >= 4 is 32.9 Å². The third kappa shape index (κ3) is 4.82. The van der Waals surface area contributed by atoms with Crippen molar-refractivity contribution in [3.63, 3.8) is 0 Å². The summed E-state index contributed by atoms with van der Waals surface area (Å²) in [4.78, 5) is 27.3. The van der Waals surface area contributed by atoms with Gasteiger partial charge < -0.3 is 9.64 Å². The van der Waals surface area contributed by atoms with E-state index in [2.05, 4.69) is 59.8 Å². The number of nitrogens with zero attached hydrogens (tertiary/aromatic N) is 7. The molecule has 9 nitrogen and oxygen atoms in total. The molecule has 1 aliphatic rings. The van der Waals surface area contributed by atoms with E-state index >= 15 is 0 Å². The van der Waals surface area contributed by atoms with E-state index in [-0.39, 0.29) is 30.1 Å². The summed E-state index contributed by atoms with van der Waals surface area (Å²) in [5.41, 5.74) is 4.48. The zero-order valence-electron chi connectivity index (χ0n) is 22.7. The molecule has 1 fully saturated rings. The number of imidazole rings is 1. The number of benzene rings is 1. The number of piperazine rings is 1. The van der Waals surface area contributed by atoms with Gasteiger partial charge in [-0.1, -0.05) is 13.0 Å². The Morgan fingerprint density at radius 2 is 2.08 bits per heavy atom. The molecule has 1 aromatic carbocycles. The van der Waals surface area contributed by atoms with E-state index in [1.54, 1.807) is 47.0 Å². The molecule has 0 spiro atoms. The van der Waals surface area contributed by atoms with E-state index in [0.29, 0.717) is 12.3 Å². The number of fused-ring (bicyclic) bond motifs is 2. The maximum absolute atomic E-state index is 12.9. The molecule has 4 heterocycles. The first-order valence-corrected chi connectivity index (χ1v) is 14.0. The number of aryl methyl sites for hydroxylation is 2. The highest BCUT2D eigenvalue weighted by molar-refractivity contribution is 7.18. The fourth-order valence-corrected chi connectivity index (χ4v) is 6.61. The van der Waals surface area contributed by atoms with Gasteiger partial charge in [-0.25, -0.2) is 19.2 Å². The molecule has 0 bridgehead atoms. The van der Waals surface area contributed by atoms with Crippen LogP contribution in [0.4, 0.5) is 5.69 Å². The third-order valence-corrected chi connectivity index (χ3v) is 8.63. The Hall–Kier alpha value is -3.26. The van der Waals surface area contributed by atoms with Gasteiger partial charge in [0.25, 0.3) is 5.56 Å². The second-order valence-corrected chi connectivity index (χ2v) is 11.4. The lowest BCUT2D eigenvalue weighted by Crippen LogP contribution is -2.58. The zero-order valence-corrected chi connectivity index (χ0v) is 23.5. The Morgan fingerprint density at radius 3 is 2.82 bits per heavy atom. The van der Waals surface area contributed by atoms with Crippen molar-refractivity contribution in [2.24, 2.45) is 7.05 Å². The Balaban J connectivity index is 1.51. The summed E-state index contributed by atoms with van der Waals surface area (Å²) in [6.07, 6.45) is 3.83. The van der Waals surface area contributed by atoms with Crippen molar-refractivity contribution in [3.8, 4) is 6.07 Å². The zero-order chi connectivity index (χ0) is 27.0. The Bertz CT molecular complexity index is 1550. The standard InChI is InChI=1S/C28H35N7O2S/c1-6-22-17-33(24(10-12-37-5)20-7-8-23-26(13-20)38-19(3)30-23)18(2)15-34(22)25-14-27(36)32(4)35-16-21(9-11-29)31-28(25)35/h7-8,13-14,16,18,22,24H,6,9-10,12,15,17H2,1-5H3/t18-,22?,24?/m1/s1. The van der Waals surface area contributed by atoms with Gasteiger partial charge in [0.1, 0.15) is 0 Å². The number of hydrogen-bond acceptors (Lipinski definition) is 8. The molecule has 0 saturated carbocycles. The van der Waals surface area contributed by atoms with E-state index < -0.39 is 0 Å². The molecule has 0 amide bonds. The molecule has 0 aliphatic carbocycles. The highest BCUT2D eigenvalue weighted by Gasteiger charge is 2.36. The first kappa shape index (κ1) is 26.4. The second kappa shape index (κ2) is 10.8. The smallest absolute Gasteiger partial charge is 0.267 e. The summed E-state index contributed by atoms with van der Waals surface area (Å²) < 4.78 is 10.1. The molecule has 3 atom stereocenters. The van der Waals surface area contributed by atoms with E-state index in [9.17, 15) is 10.1 Å². The molecule has 10 heteroatoms. The van der Waals surface area contributed by atoms with Gasteiger partial charge in [0, 0.05) is 58.0 Å². The monoisotopic (exact) mass is 533 g/mol. The minimum absolute atomic E-state index is 0.0931. The van der Waals surface area contributed by atoms with Crippen LogP contribution in [0.2, 0.25) is 0 Å². The first-order valence-electron chi connectivity index (χ1n) is 13.2. The number of anilines is 1. The lowest BCUT2D eigenvalue weighted by Gasteiger charge is -2.49. The largest absolute Gasteiger partial charge is 0.385 e. The number of rotatable bonds is 8. The SMILES string of the molecule is CCC1CN(C(CCOC)c2ccc3nc(C)sc3c2)[C@H](C)CN1c1cc(=O)n(C)n2cc(CC#N)nc12. The van der Waals surface area contributed by atoms with Crippen LogP contribution >= 0.6 is 11.3 Å². The van der Waals surface area contributed by atoms with Crippen molar-refractivity contribution in [1.82, 2.24) is 24.1 Å². The third-order valence-electron chi connectivity index (χ3n) is 7.70. The van der Waals surface area contributed by atoms with Gasteiger partial charge in [-0.3, -0.25) is 9.69 Å². The number of methoxy groups -OCH3 is 1. The fraction of sp³-hybridized carbons (Fsp3) is 0.500. The highest BCUT2D eigenvalue weighted by Crippen LogP contribution is 2.35. The van der Waals surface area contributed by atoms with Crippen LogP contribution in [0, 0.1) is 18.3 Å². The summed E-state index contributed by atoms with van der Waals surface area (Å²) in [6, 6.07) is 11.2. The lowest BCUT2D eigenvalue weighted by molar-refractivity contribution is 0.0776. The van der Waals surface area contributed by atoms with Crippen LogP contribution in [-0.4, -0.2) is 63.0 Å². The fourth-order valence-electron chi connectivity index (χ4n) is 5.74. The molecule has 1 saturated heterocycles. The van der Waals surface area contributed by atoms with Crippen LogP contribution in [0.5, 0.6) is 0 Å². The molecule has 38 heavy (non-hydrogen) atoms. The quantitative estimate of drug-likeness (QED) is 0.337. The van der Waals surface area contributed by atoms with Crippen molar-refractivity contribution in [2.45, 2.75) is 58.2 Å². The molecule has 4 aromatic rings. The van der Waals surface area contributed by atoms with Gasteiger partial charge in [-0.2, -0.15) is 5.26 Å². The summed E-state index contributed by atoms with van der Waals surface area (Å²) in [5.74, 6) is 0. The molecule has 200 valence electrons. The Labute approximate surface area is 226 Å². The summed E-state index contributed by atoms with van der Waals surface area (Å²) >= 11 is 1.74. The van der Waals surface area contributed by atoms with Gasteiger partial charge in [0.2, 0.25) is 0 Å². The minimum atomic E-state index is -0.0931. The minimum Gasteiger partial charge on any atom is -0.385 e. The number of ether oxygens (including phenoxy) is 1. The topological polar surface area (TPSA) is 91.7 Å². The first-order chi connectivity index (χ1) is 18.3. The highest BCUT2D eigenvalue weighted by atomic mass is 32.1. The average Bonchev–Trinajstić information content (AvgIpc) is 3.49. The van der Waals surface area contributed by atoms with Crippen LogP contribution in [0.25, 0.3) is 15.9 Å². The van der Waals surface area contributed by atoms with Crippen LogP contribution in [0.1, 0.15) is 49.0 Å². The molecule has 1 aliphatic heterocycles. The van der Waals surface area contributed by atoms with Gasteiger partial charge in [0.15, 0.2) is 5.65 Å². The lowest BCUT2D eigenvalue weighted by atomic mass is 9.96. The van der Waals surface area contributed by atoms with Gasteiger partial charge in [-0.05, 0) is 44.4 Å². The van der Waals surface area contributed by atoms with Crippen molar-refractivity contribution in [1.29, 1.82) is 5.26 Å². The van der Waals surface area contributed by atoms with Crippen LogP contribution < -0.4 is 10.5 Å². The van der Waals surface area contributed by atoms with Crippen molar-refractivity contribution in [2.75, 3.05) is 31.7 Å². The Kier molecular flexibility index (Phi) is 7.52. The van der Waals surface area contributed by atoms with Gasteiger partial charge in [-0.15, -0.1) is 11.3 Å². The van der Waals surface area contributed by atoms with E-state index in [1.807, 2.05) is 0 Å². The molecule has 5 rings (SSSR count). The van der Waals surface area contributed by atoms with Crippen molar-refractivity contribution in [3.05, 3.63) is 57.1 Å². The summed E-state index contributed by atoms with van der Waals surface area (Å²) in [5, 5.41) is 10.3. The Morgan fingerprint density at radius 1 is 1.26 bits per heavy atom. The molecule has 2 unspecified atom stereocenters. The number of hydrogen-bond donors (Lipinski definition) is 0. The normalized spacial score (nSPS) is 19.3. The predicted octanol–water partition coefficient (Wildman–Crippen LogP) is 4.08. The molecular weight excluding hydrogens is 498 g/mol. The van der Waals surface area contributed by atoms with Gasteiger partial charge >= 0.3 is 0 Å². The molecular formula is C28H35N7O2S. The van der Waals surface area contributed by atoms with E-state index in [1.165, 1.54) is 10.3 Å². The molecule has 3 aromatic heterocycles. The maximum Gasteiger partial charge on any atom is 0.267 e. The summed E-state index contributed by atoms with van der Waals surface area (Å²) in [6.45, 7) is 8.83. The summed E-state index contributed by atoms with van der Waals surface area (Å²) in [7, 11) is 3.49. The molecule has 0 radical (unpaired) electrons. The van der Waals surface area contributed by atoms with Crippen molar-refractivity contribution < 1.29 is 4.74 Å². The number of aromatic nitrogens is 4. The number of nitriles is 1. The van der Waals surface area contributed by atoms with E-state index in [4.69, 9.17) is 9.72 Å². The predicted molar refractivity (Wildman–Crippen MR) is 151 cm³/mol. The van der Waals surface area contributed by atoms with Crippen LogP contribution in [0.15, 0.2) is 35.3 Å². The number of thiazole rings is 1. The van der Waals surface area contributed by atoms with Gasteiger partial charge in [0.05, 0.1) is 45.3 Å². The van der Waals surface area contributed by atoms with Crippen LogP contribution in [-0.2, 0) is 18.2 Å².